The monoisotopic (exact) mass is 613 g/mol. The van der Waals surface area contributed by atoms with Crippen LogP contribution >= 0.6 is 0 Å². The van der Waals surface area contributed by atoms with Gasteiger partial charge in [0.25, 0.3) is 0 Å². The Morgan fingerprint density at radius 1 is 0.643 bits per heavy atom. The van der Waals surface area contributed by atoms with E-state index in [2.05, 4.69) is 5.32 Å². The molecule has 3 rings (SSSR count). The molecule has 1 unspecified atom stereocenters. The maximum Gasteiger partial charge on any atom is 0.302 e. The Hall–Kier alpha value is -2.07. The van der Waals surface area contributed by atoms with E-state index < -0.39 is 123 Å². The number of aliphatic hydroxyl groups is 7. The van der Waals surface area contributed by atoms with Gasteiger partial charge in [0.15, 0.2) is 18.9 Å². The van der Waals surface area contributed by atoms with Gasteiger partial charge in [-0.3, -0.25) is 14.4 Å². The first-order valence-electron chi connectivity index (χ1n) is 13.2. The lowest BCUT2D eigenvalue weighted by atomic mass is 9.95. The Kier molecular flexibility index (Phi) is 12.0. The second kappa shape index (κ2) is 14.6. The molecule has 18 nitrogen and oxygen atoms in total. The third-order valence-electron chi connectivity index (χ3n) is 7.00. The zero-order valence-electron chi connectivity index (χ0n) is 23.3. The molecule has 0 radical (unpaired) electrons. The van der Waals surface area contributed by atoms with E-state index in [0.29, 0.717) is 0 Å². The molecule has 0 bridgehead atoms. The highest BCUT2D eigenvalue weighted by Crippen LogP contribution is 2.32. The first-order valence-corrected chi connectivity index (χ1v) is 13.2. The summed E-state index contributed by atoms with van der Waals surface area (Å²) in [6.07, 6.45) is -22.6. The van der Waals surface area contributed by atoms with E-state index in [1.807, 2.05) is 0 Å². The summed E-state index contributed by atoms with van der Waals surface area (Å²) in [5.41, 5.74) is 0. The summed E-state index contributed by atoms with van der Waals surface area (Å²) >= 11 is 0. The van der Waals surface area contributed by atoms with Gasteiger partial charge in [0, 0.05) is 20.8 Å². The van der Waals surface area contributed by atoms with Crippen molar-refractivity contribution in [2.45, 2.75) is 120 Å². The van der Waals surface area contributed by atoms with Gasteiger partial charge < -0.3 is 74.2 Å². The van der Waals surface area contributed by atoms with Gasteiger partial charge >= 0.3 is 11.9 Å². The molecule has 3 aliphatic rings. The maximum atomic E-state index is 11.8. The van der Waals surface area contributed by atoms with Crippen molar-refractivity contribution in [1.29, 1.82) is 0 Å². The third kappa shape index (κ3) is 8.10. The zero-order valence-corrected chi connectivity index (χ0v) is 23.3. The first-order chi connectivity index (χ1) is 19.6. The summed E-state index contributed by atoms with van der Waals surface area (Å²) in [6, 6.07) is -1.44. The van der Waals surface area contributed by atoms with E-state index in [-0.39, 0.29) is 0 Å². The highest BCUT2D eigenvalue weighted by Gasteiger charge is 2.53. The van der Waals surface area contributed by atoms with Gasteiger partial charge in [-0.2, -0.15) is 0 Å². The Labute approximate surface area is 240 Å². The number of rotatable bonds is 9. The van der Waals surface area contributed by atoms with Crippen LogP contribution in [0.1, 0.15) is 27.7 Å². The SMILES string of the molecule is CC(=O)N[C@@H]1[C@H](O[C@H]2[C@H](O)[C@@H](O)[C@@H](O[C@H]3C(O)O[C@@H](C)[C@H](O)[C@H]3O)O[C@@H]2COC(C)=O)O[C@H](COC(C)=O)[C@@H](O)[C@@H]1O. The molecule has 0 aliphatic carbocycles. The van der Waals surface area contributed by atoms with Crippen LogP contribution in [0.25, 0.3) is 0 Å². The van der Waals surface area contributed by atoms with Crippen LogP contribution in [0, 0.1) is 0 Å². The molecule has 0 aromatic carbocycles. The van der Waals surface area contributed by atoms with Gasteiger partial charge in [-0.15, -0.1) is 0 Å². The Morgan fingerprint density at radius 3 is 1.74 bits per heavy atom. The molecule has 0 spiro atoms. The molecule has 3 aliphatic heterocycles. The molecule has 0 aromatic rings. The van der Waals surface area contributed by atoms with Gasteiger partial charge in [-0.1, -0.05) is 0 Å². The normalized spacial score (nSPS) is 44.2. The number of hydrogen-bond donors (Lipinski definition) is 8. The summed E-state index contributed by atoms with van der Waals surface area (Å²) in [7, 11) is 0. The summed E-state index contributed by atoms with van der Waals surface area (Å²) < 4.78 is 37.7. The molecule has 242 valence electrons. The zero-order chi connectivity index (χ0) is 31.5. The first kappa shape index (κ1) is 34.4. The van der Waals surface area contributed by atoms with Crippen molar-refractivity contribution >= 4 is 17.8 Å². The summed E-state index contributed by atoms with van der Waals surface area (Å²) in [4.78, 5) is 34.7. The smallest absolute Gasteiger partial charge is 0.302 e. The lowest BCUT2D eigenvalue weighted by Gasteiger charge is -2.48. The van der Waals surface area contributed by atoms with Crippen LogP contribution in [-0.2, 0) is 47.5 Å². The second-order valence-corrected chi connectivity index (χ2v) is 10.3. The largest absolute Gasteiger partial charge is 0.463 e. The van der Waals surface area contributed by atoms with Crippen molar-refractivity contribution in [3.63, 3.8) is 0 Å². The molecule has 8 N–H and O–H groups in total. The van der Waals surface area contributed by atoms with E-state index in [0.717, 1.165) is 20.8 Å². The third-order valence-corrected chi connectivity index (χ3v) is 7.00. The number of aliphatic hydroxyl groups excluding tert-OH is 7. The number of amides is 1. The van der Waals surface area contributed by atoms with Gasteiger partial charge in [0.2, 0.25) is 5.91 Å². The number of ether oxygens (including phenoxy) is 7. The standard InChI is InChI=1S/C24H39NO17/c1-7-14(29)17(32)21(22(35)38-7)42-24-19(34)18(33)20(12(40-24)6-37-10(4)28)41-23-13(25-8(2)26)16(31)15(30)11(39-23)5-36-9(3)27/h7,11-24,29-35H,5-6H2,1-4H3,(H,25,26)/t7-,11+,12+,13-,14-,15+,16+,17+,18+,19+,20+,21+,22?,23-,24+/m0/s1. The lowest BCUT2D eigenvalue weighted by molar-refractivity contribution is -0.375. The molecule has 15 atom stereocenters. The van der Waals surface area contributed by atoms with Crippen LogP contribution < -0.4 is 5.32 Å². The predicted molar refractivity (Wildman–Crippen MR) is 131 cm³/mol. The summed E-state index contributed by atoms with van der Waals surface area (Å²) in [6.45, 7) is 3.60. The molecular formula is C24H39NO17. The van der Waals surface area contributed by atoms with Crippen LogP contribution in [0.15, 0.2) is 0 Å². The minimum atomic E-state index is -1.95. The maximum absolute atomic E-state index is 11.8. The molecule has 3 fully saturated rings. The fourth-order valence-electron chi connectivity index (χ4n) is 4.77. The molecule has 1 amide bonds. The number of carbonyl (C=O) groups is 3. The fraction of sp³-hybridized carbons (Fsp3) is 0.875. The van der Waals surface area contributed by atoms with E-state index in [1.54, 1.807) is 0 Å². The topological polar surface area (TPSA) is 269 Å². The quantitative estimate of drug-likeness (QED) is 0.113. The van der Waals surface area contributed by atoms with Crippen molar-refractivity contribution < 1.29 is 83.3 Å². The second-order valence-electron chi connectivity index (χ2n) is 10.3. The molecule has 42 heavy (non-hydrogen) atoms. The Bertz CT molecular complexity index is 937. The average Bonchev–Trinajstić information content (AvgIpc) is 2.91. The molecule has 3 saturated heterocycles. The average molecular weight is 614 g/mol. The van der Waals surface area contributed by atoms with Crippen LogP contribution in [0.2, 0.25) is 0 Å². The summed E-state index contributed by atoms with van der Waals surface area (Å²) in [5.74, 6) is -2.13. The van der Waals surface area contributed by atoms with Gasteiger partial charge in [0.05, 0.1) is 6.10 Å². The van der Waals surface area contributed by atoms with Crippen LogP contribution in [-0.4, -0.2) is 159 Å². The molecular weight excluding hydrogens is 574 g/mol. The van der Waals surface area contributed by atoms with Crippen molar-refractivity contribution in [2.24, 2.45) is 0 Å². The highest BCUT2D eigenvalue weighted by molar-refractivity contribution is 5.73. The van der Waals surface area contributed by atoms with Crippen molar-refractivity contribution in [3.8, 4) is 0 Å². The number of nitrogens with one attached hydrogen (secondary N) is 1. The van der Waals surface area contributed by atoms with E-state index in [1.165, 1.54) is 6.92 Å². The number of esters is 2. The van der Waals surface area contributed by atoms with Crippen LogP contribution in [0.5, 0.6) is 0 Å². The molecule has 0 aromatic heterocycles. The van der Waals surface area contributed by atoms with Crippen LogP contribution in [0.3, 0.4) is 0 Å². The van der Waals surface area contributed by atoms with E-state index in [4.69, 9.17) is 33.2 Å². The van der Waals surface area contributed by atoms with Crippen molar-refractivity contribution in [3.05, 3.63) is 0 Å². The Balaban J connectivity index is 1.85. The number of carbonyl (C=O) groups excluding carboxylic acids is 3. The van der Waals surface area contributed by atoms with Crippen LogP contribution in [0.4, 0.5) is 0 Å². The van der Waals surface area contributed by atoms with Gasteiger partial charge in [-0.25, -0.2) is 0 Å². The highest BCUT2D eigenvalue weighted by atomic mass is 16.8. The predicted octanol–water partition coefficient (Wildman–Crippen LogP) is -5.26. The molecule has 0 saturated carbocycles. The van der Waals surface area contributed by atoms with E-state index >= 15 is 0 Å². The fourth-order valence-corrected chi connectivity index (χ4v) is 4.77. The number of hydrogen-bond acceptors (Lipinski definition) is 17. The molecule has 3 heterocycles. The summed E-state index contributed by atoms with van der Waals surface area (Å²) in [5, 5.41) is 76.2. The van der Waals surface area contributed by atoms with Crippen molar-refractivity contribution in [2.75, 3.05) is 13.2 Å². The lowest BCUT2D eigenvalue weighted by Crippen LogP contribution is -2.68. The minimum absolute atomic E-state index is 0.516. The molecule has 18 heteroatoms. The van der Waals surface area contributed by atoms with Gasteiger partial charge in [-0.05, 0) is 6.92 Å². The Morgan fingerprint density at radius 2 is 1.17 bits per heavy atom. The minimum Gasteiger partial charge on any atom is -0.463 e. The van der Waals surface area contributed by atoms with Gasteiger partial charge in [0.1, 0.15) is 80.3 Å². The van der Waals surface area contributed by atoms with E-state index in [9.17, 15) is 50.1 Å². The van der Waals surface area contributed by atoms with Crippen molar-refractivity contribution in [1.82, 2.24) is 5.32 Å².